The summed E-state index contributed by atoms with van der Waals surface area (Å²) >= 11 is 0. The highest BCUT2D eigenvalue weighted by atomic mass is 32.2. The number of fused-ring (bicyclic) bond motifs is 1. The quantitative estimate of drug-likeness (QED) is 0.621. The minimum absolute atomic E-state index is 0.0963. The van der Waals surface area contributed by atoms with Crippen LogP contribution in [-0.2, 0) is 16.6 Å². The van der Waals surface area contributed by atoms with Crippen molar-refractivity contribution in [2.24, 2.45) is 0 Å². The molecule has 0 saturated carbocycles. The Hall–Kier alpha value is -3.08. The number of benzene rings is 1. The second kappa shape index (κ2) is 7.15. The Morgan fingerprint density at radius 3 is 2.75 bits per heavy atom. The summed E-state index contributed by atoms with van der Waals surface area (Å²) in [6.07, 6.45) is 1.95. The predicted octanol–water partition coefficient (Wildman–Crippen LogP) is 1.58. The number of aliphatic hydroxyl groups is 1. The van der Waals surface area contributed by atoms with Gasteiger partial charge in [0.25, 0.3) is 10.0 Å². The van der Waals surface area contributed by atoms with Crippen molar-refractivity contribution in [1.29, 1.82) is 0 Å². The van der Waals surface area contributed by atoms with Crippen LogP contribution in [-0.4, -0.2) is 35.5 Å². The first-order valence-electron chi connectivity index (χ1n) is 8.42. The zero-order chi connectivity index (χ0) is 19.7. The molecule has 1 aliphatic heterocycles. The molecule has 4 rings (SSSR count). The molecule has 1 unspecified atom stereocenters. The number of sulfonamides is 1. The number of rotatable bonds is 5. The fourth-order valence-corrected chi connectivity index (χ4v) is 4.45. The van der Waals surface area contributed by atoms with Gasteiger partial charge in [-0.05, 0) is 30.8 Å². The molecule has 0 bridgehead atoms. The molecule has 2 aromatic heterocycles. The van der Waals surface area contributed by atoms with E-state index in [1.807, 2.05) is 0 Å². The van der Waals surface area contributed by atoms with Crippen molar-refractivity contribution in [1.82, 2.24) is 20.3 Å². The highest BCUT2D eigenvalue weighted by molar-refractivity contribution is 7.93. The van der Waals surface area contributed by atoms with E-state index >= 15 is 0 Å². The maximum Gasteiger partial charge on any atom is 0.324 e. The Labute approximate surface area is 161 Å². The first kappa shape index (κ1) is 18.3. The van der Waals surface area contributed by atoms with Crippen LogP contribution in [0.15, 0.2) is 59.8 Å². The van der Waals surface area contributed by atoms with E-state index in [1.165, 1.54) is 16.6 Å². The molecule has 1 aliphatic rings. The number of nitrogens with one attached hydrogen (secondary N) is 1. The predicted molar refractivity (Wildman–Crippen MR) is 100 cm³/mol. The highest BCUT2D eigenvalue weighted by Gasteiger charge is 2.36. The van der Waals surface area contributed by atoms with E-state index in [1.54, 1.807) is 49.6 Å². The summed E-state index contributed by atoms with van der Waals surface area (Å²) in [5.74, 6) is 0.492. The molecule has 3 heterocycles. The molecule has 0 fully saturated rings. The number of ether oxygens (including phenoxy) is 1. The average molecular weight is 399 g/mol. The van der Waals surface area contributed by atoms with Gasteiger partial charge in [0.05, 0.1) is 23.3 Å². The SMILES string of the molecule is CNC(O)c1cc(N2Cc3ccccc3S2(=O)=O)nc(Oc2cccnc2)n1. The smallest absolute Gasteiger partial charge is 0.324 e. The Kier molecular flexibility index (Phi) is 4.67. The molecule has 144 valence electrons. The van der Waals surface area contributed by atoms with Crippen LogP contribution < -0.4 is 14.4 Å². The van der Waals surface area contributed by atoms with E-state index in [0.717, 1.165) is 0 Å². The number of nitrogens with zero attached hydrogens (tertiary/aromatic N) is 4. The lowest BCUT2D eigenvalue weighted by Gasteiger charge is -2.18. The second-order valence-electron chi connectivity index (χ2n) is 6.03. The molecule has 0 amide bonds. The first-order chi connectivity index (χ1) is 13.5. The van der Waals surface area contributed by atoms with Crippen molar-refractivity contribution in [2.45, 2.75) is 17.7 Å². The molecule has 28 heavy (non-hydrogen) atoms. The molecule has 0 spiro atoms. The van der Waals surface area contributed by atoms with Crippen LogP contribution in [0.25, 0.3) is 0 Å². The topological polar surface area (TPSA) is 118 Å². The van der Waals surface area contributed by atoms with Crippen molar-refractivity contribution >= 4 is 15.8 Å². The van der Waals surface area contributed by atoms with Gasteiger partial charge in [0.2, 0.25) is 0 Å². The van der Waals surface area contributed by atoms with Crippen molar-refractivity contribution in [3.8, 4) is 11.8 Å². The summed E-state index contributed by atoms with van der Waals surface area (Å²) < 4.78 is 32.7. The van der Waals surface area contributed by atoms with Gasteiger partial charge in [-0.2, -0.15) is 9.97 Å². The average Bonchev–Trinajstić information content (AvgIpc) is 2.99. The molecule has 1 atom stereocenters. The highest BCUT2D eigenvalue weighted by Crippen LogP contribution is 2.35. The van der Waals surface area contributed by atoms with Crippen molar-refractivity contribution < 1.29 is 18.3 Å². The van der Waals surface area contributed by atoms with Gasteiger partial charge in [-0.25, -0.2) is 12.7 Å². The molecular formula is C18H17N5O4S. The van der Waals surface area contributed by atoms with Gasteiger partial charge in [0.1, 0.15) is 17.8 Å². The summed E-state index contributed by atoms with van der Waals surface area (Å²) in [6, 6.07) is 11.4. The third-order valence-corrected chi connectivity index (χ3v) is 6.07. The van der Waals surface area contributed by atoms with Crippen LogP contribution in [0.2, 0.25) is 0 Å². The van der Waals surface area contributed by atoms with E-state index in [4.69, 9.17) is 4.74 Å². The van der Waals surface area contributed by atoms with Crippen LogP contribution in [0.4, 0.5) is 5.82 Å². The first-order valence-corrected chi connectivity index (χ1v) is 9.86. The van der Waals surface area contributed by atoms with E-state index in [-0.39, 0.29) is 29.0 Å². The van der Waals surface area contributed by atoms with Crippen LogP contribution in [0, 0.1) is 0 Å². The van der Waals surface area contributed by atoms with E-state index in [0.29, 0.717) is 11.3 Å². The lowest BCUT2D eigenvalue weighted by atomic mass is 10.2. The maximum absolute atomic E-state index is 12.9. The van der Waals surface area contributed by atoms with Crippen molar-refractivity contribution in [2.75, 3.05) is 11.4 Å². The van der Waals surface area contributed by atoms with Gasteiger partial charge in [-0.15, -0.1) is 0 Å². The number of hydrogen-bond acceptors (Lipinski definition) is 8. The van der Waals surface area contributed by atoms with Crippen LogP contribution in [0.1, 0.15) is 17.5 Å². The Morgan fingerprint density at radius 1 is 1.21 bits per heavy atom. The normalized spacial score (nSPS) is 15.9. The standard InChI is InChI=1S/C18H17N5O4S/c1-19-17(24)14-9-16(22-18(21-14)27-13-6-4-8-20-10-13)23-11-12-5-2-3-7-15(12)28(23,25)26/h2-10,17,19,24H,11H2,1H3. The number of aliphatic hydroxyl groups excluding tert-OH is 1. The van der Waals surface area contributed by atoms with Crippen molar-refractivity contribution in [3.63, 3.8) is 0 Å². The second-order valence-corrected chi connectivity index (χ2v) is 7.87. The molecule has 2 N–H and O–H groups in total. The fraction of sp³-hybridized carbons (Fsp3) is 0.167. The van der Waals surface area contributed by atoms with Gasteiger partial charge in [0.15, 0.2) is 0 Å². The number of pyridine rings is 1. The number of anilines is 1. The zero-order valence-corrected chi connectivity index (χ0v) is 15.7. The van der Waals surface area contributed by atoms with E-state index in [2.05, 4.69) is 20.3 Å². The molecule has 1 aromatic carbocycles. The fourth-order valence-electron chi connectivity index (χ4n) is 2.85. The Balaban J connectivity index is 1.78. The zero-order valence-electron chi connectivity index (χ0n) is 14.8. The van der Waals surface area contributed by atoms with Gasteiger partial charge >= 0.3 is 6.01 Å². The minimum Gasteiger partial charge on any atom is -0.423 e. The summed E-state index contributed by atoms with van der Waals surface area (Å²) in [6.45, 7) is 0.136. The van der Waals surface area contributed by atoms with Gasteiger partial charge in [-0.3, -0.25) is 10.3 Å². The molecule has 0 aliphatic carbocycles. The summed E-state index contributed by atoms with van der Waals surface area (Å²) in [5.41, 5.74) is 0.851. The minimum atomic E-state index is -3.77. The van der Waals surface area contributed by atoms with Crippen LogP contribution in [0.3, 0.4) is 0 Å². The van der Waals surface area contributed by atoms with Gasteiger partial charge < -0.3 is 9.84 Å². The Bertz CT molecular complexity index is 1110. The molecule has 3 aromatic rings. The Morgan fingerprint density at radius 2 is 2.04 bits per heavy atom. The third kappa shape index (κ3) is 3.28. The number of hydrogen-bond donors (Lipinski definition) is 2. The van der Waals surface area contributed by atoms with Gasteiger partial charge in [0, 0.05) is 12.3 Å². The summed E-state index contributed by atoms with van der Waals surface area (Å²) in [5, 5.41) is 12.8. The molecular weight excluding hydrogens is 382 g/mol. The van der Waals surface area contributed by atoms with Crippen LogP contribution in [0.5, 0.6) is 11.8 Å². The molecule has 0 radical (unpaired) electrons. The molecule has 0 saturated heterocycles. The van der Waals surface area contributed by atoms with Crippen LogP contribution >= 0.6 is 0 Å². The van der Waals surface area contributed by atoms with Gasteiger partial charge in [-0.1, -0.05) is 18.2 Å². The van der Waals surface area contributed by atoms with E-state index in [9.17, 15) is 13.5 Å². The third-order valence-electron chi connectivity index (χ3n) is 4.22. The summed E-state index contributed by atoms with van der Waals surface area (Å²) in [4.78, 5) is 12.6. The molecule has 10 heteroatoms. The largest absolute Gasteiger partial charge is 0.423 e. The maximum atomic E-state index is 12.9. The molecule has 9 nitrogen and oxygen atoms in total. The van der Waals surface area contributed by atoms with Crippen molar-refractivity contribution in [3.05, 3.63) is 66.1 Å². The lowest BCUT2D eigenvalue weighted by Crippen LogP contribution is -2.26. The van der Waals surface area contributed by atoms with E-state index < -0.39 is 16.3 Å². The number of aromatic nitrogens is 3. The monoisotopic (exact) mass is 399 g/mol. The lowest BCUT2D eigenvalue weighted by molar-refractivity contribution is 0.143. The summed E-state index contributed by atoms with van der Waals surface area (Å²) in [7, 11) is -2.21.